The lowest BCUT2D eigenvalue weighted by atomic mass is 9.86. The van der Waals surface area contributed by atoms with E-state index in [0.29, 0.717) is 0 Å². The molecule has 0 saturated heterocycles. The molecule has 2 unspecified atom stereocenters. The second-order valence-corrected chi connectivity index (χ2v) is 15.7. The molecule has 4 nitrogen and oxygen atoms in total. The molecule has 2 rings (SSSR count). The predicted molar refractivity (Wildman–Crippen MR) is 130 cm³/mol. The highest BCUT2D eigenvalue weighted by Gasteiger charge is 2.52. The van der Waals surface area contributed by atoms with Gasteiger partial charge >= 0.3 is 5.97 Å². The Kier molecular flexibility index (Phi) is 8.98. The van der Waals surface area contributed by atoms with E-state index in [9.17, 15) is 15.0 Å². The summed E-state index contributed by atoms with van der Waals surface area (Å²) in [4.78, 5) is 12.6. The van der Waals surface area contributed by atoms with Gasteiger partial charge in [-0.3, -0.25) is 0 Å². The average Bonchev–Trinajstić information content (AvgIpc) is 3.31. The van der Waals surface area contributed by atoms with Crippen molar-refractivity contribution in [1.82, 2.24) is 0 Å². The zero-order valence-corrected chi connectivity index (χ0v) is 21.5. The van der Waals surface area contributed by atoms with Crippen LogP contribution >= 0.6 is 0 Å². The molecule has 0 bridgehead atoms. The monoisotopic (exact) mass is 448 g/mol. The zero-order valence-electron chi connectivity index (χ0n) is 20.5. The van der Waals surface area contributed by atoms with Gasteiger partial charge in [0.1, 0.15) is 0 Å². The first kappa shape index (κ1) is 26.1. The highest BCUT2D eigenvalue weighted by atomic mass is 28.4. The van der Waals surface area contributed by atoms with Gasteiger partial charge in [-0.1, -0.05) is 58.6 Å². The minimum absolute atomic E-state index is 0.00392. The van der Waals surface area contributed by atoms with E-state index in [1.54, 1.807) is 6.08 Å². The van der Waals surface area contributed by atoms with Gasteiger partial charge in [0.15, 0.2) is 13.9 Å². The molecule has 5 heteroatoms. The molecule has 0 spiro atoms. The van der Waals surface area contributed by atoms with Crippen LogP contribution in [0.25, 0.3) is 0 Å². The number of aliphatic hydroxyl groups is 1. The summed E-state index contributed by atoms with van der Waals surface area (Å²) in [5.74, 6) is -0.666. The van der Waals surface area contributed by atoms with Gasteiger partial charge in [0.25, 0.3) is 0 Å². The predicted octanol–water partition coefficient (Wildman–Crippen LogP) is 6.62. The standard InChI is InChI=1S/C26H44O4Si/c1-7-13-20-17-18-23(27)22(20)16-9-8-12-19-26(24(28)29,21-14-10-11-15-21)30-31(5,6)25(2,3)4/h8,17,19,21-23,27H,7,9-11,13-16,18H2,1-6H3,(H,28,29)/t12?,22-,23?,26?/m1/s1. The van der Waals surface area contributed by atoms with Gasteiger partial charge in [-0.25, -0.2) is 4.79 Å². The maximum absolute atomic E-state index is 12.6. The fraction of sp³-hybridized carbons (Fsp3) is 0.769. The van der Waals surface area contributed by atoms with E-state index in [2.05, 4.69) is 52.6 Å². The summed E-state index contributed by atoms with van der Waals surface area (Å²) >= 11 is 0. The molecule has 2 aliphatic rings. The van der Waals surface area contributed by atoms with E-state index in [0.717, 1.165) is 57.8 Å². The van der Waals surface area contributed by atoms with Gasteiger partial charge in [0, 0.05) is 11.8 Å². The number of hydrogen-bond acceptors (Lipinski definition) is 3. The maximum Gasteiger partial charge on any atom is 0.339 e. The molecule has 176 valence electrons. The van der Waals surface area contributed by atoms with Crippen molar-refractivity contribution in [3.63, 3.8) is 0 Å². The Labute approximate surface area is 190 Å². The number of aliphatic carboxylic acids is 1. The third kappa shape index (κ3) is 6.22. The van der Waals surface area contributed by atoms with Crippen LogP contribution in [0, 0.1) is 11.8 Å². The molecule has 0 aliphatic heterocycles. The minimum Gasteiger partial charge on any atom is -0.479 e. The Morgan fingerprint density at radius 1 is 1.29 bits per heavy atom. The fourth-order valence-electron chi connectivity index (χ4n) is 4.76. The van der Waals surface area contributed by atoms with Crippen LogP contribution in [0.5, 0.6) is 0 Å². The lowest BCUT2D eigenvalue weighted by Crippen LogP contribution is -2.55. The molecule has 0 radical (unpaired) electrons. The van der Waals surface area contributed by atoms with E-state index >= 15 is 0 Å². The lowest BCUT2D eigenvalue weighted by Gasteiger charge is -2.44. The average molecular weight is 449 g/mol. The number of rotatable bonds is 10. The van der Waals surface area contributed by atoms with Crippen LogP contribution in [0.3, 0.4) is 0 Å². The molecule has 0 aromatic rings. The van der Waals surface area contributed by atoms with Gasteiger partial charge in [0.2, 0.25) is 0 Å². The number of carboxylic acids is 1. The van der Waals surface area contributed by atoms with Crippen LogP contribution in [0.15, 0.2) is 29.5 Å². The molecule has 0 heterocycles. The Morgan fingerprint density at radius 3 is 2.48 bits per heavy atom. The van der Waals surface area contributed by atoms with Crippen LogP contribution in [0.2, 0.25) is 18.1 Å². The maximum atomic E-state index is 12.6. The number of aliphatic hydroxyl groups excluding tert-OH is 1. The molecule has 0 aromatic heterocycles. The van der Waals surface area contributed by atoms with E-state index in [1.807, 2.05) is 6.08 Å². The van der Waals surface area contributed by atoms with Crippen molar-refractivity contribution in [3.05, 3.63) is 29.5 Å². The highest BCUT2D eigenvalue weighted by molar-refractivity contribution is 6.74. The summed E-state index contributed by atoms with van der Waals surface area (Å²) in [6, 6.07) is 0. The van der Waals surface area contributed by atoms with Gasteiger partial charge in [-0.2, -0.15) is 0 Å². The second kappa shape index (κ2) is 10.7. The molecular formula is C26H44O4Si. The fourth-order valence-corrected chi connectivity index (χ4v) is 6.22. The van der Waals surface area contributed by atoms with Gasteiger partial charge in [-0.15, -0.1) is 5.73 Å². The molecule has 2 N–H and O–H groups in total. The summed E-state index contributed by atoms with van der Waals surface area (Å²) < 4.78 is 6.63. The molecule has 2 aliphatic carbocycles. The van der Waals surface area contributed by atoms with Crippen molar-refractivity contribution < 1.29 is 19.4 Å². The first-order valence-electron chi connectivity index (χ1n) is 12.2. The quantitative estimate of drug-likeness (QED) is 0.224. The number of carbonyl (C=O) groups is 1. The van der Waals surface area contributed by atoms with E-state index in [4.69, 9.17) is 4.43 Å². The topological polar surface area (TPSA) is 66.8 Å². The summed E-state index contributed by atoms with van der Waals surface area (Å²) in [6.45, 7) is 12.9. The molecule has 3 atom stereocenters. The SMILES string of the molecule is CCCC1=CCC(O)[C@@H]1CCC=C=CC(O[Si](C)(C)C(C)(C)C)(C(=O)O)C1CCCC1. The van der Waals surface area contributed by atoms with Crippen molar-refractivity contribution in [2.45, 2.75) is 115 Å². The van der Waals surface area contributed by atoms with E-state index < -0.39 is 19.9 Å². The summed E-state index contributed by atoms with van der Waals surface area (Å²) in [5, 5.41) is 20.6. The molecule has 1 fully saturated rings. The third-order valence-electron chi connectivity index (χ3n) is 7.66. The molecule has 1 saturated carbocycles. The summed E-state index contributed by atoms with van der Waals surface area (Å²) in [5.41, 5.74) is 3.29. The van der Waals surface area contributed by atoms with Crippen molar-refractivity contribution in [1.29, 1.82) is 0 Å². The van der Waals surface area contributed by atoms with Gasteiger partial charge in [0.05, 0.1) is 6.10 Å². The van der Waals surface area contributed by atoms with Crippen molar-refractivity contribution >= 4 is 14.3 Å². The summed E-state index contributed by atoms with van der Waals surface area (Å²) in [6.07, 6.45) is 14.0. The number of hydrogen-bond donors (Lipinski definition) is 2. The van der Waals surface area contributed by atoms with Gasteiger partial charge in [-0.05, 0) is 68.8 Å². The van der Waals surface area contributed by atoms with Crippen LogP contribution in [0.1, 0.15) is 85.5 Å². The van der Waals surface area contributed by atoms with E-state index in [-0.39, 0.29) is 23.0 Å². The largest absolute Gasteiger partial charge is 0.479 e. The smallest absolute Gasteiger partial charge is 0.339 e. The normalized spacial score (nSPS) is 24.4. The third-order valence-corrected chi connectivity index (χ3v) is 12.1. The van der Waals surface area contributed by atoms with Crippen LogP contribution < -0.4 is 0 Å². The van der Waals surface area contributed by atoms with Crippen molar-refractivity contribution in [2.24, 2.45) is 11.8 Å². The first-order chi connectivity index (χ1) is 14.4. The molecular weight excluding hydrogens is 404 g/mol. The Balaban J connectivity index is 2.21. The number of carboxylic acid groups (broad SMARTS) is 1. The first-order valence-corrected chi connectivity index (χ1v) is 15.1. The Bertz CT molecular complexity index is 705. The van der Waals surface area contributed by atoms with Crippen LogP contribution in [-0.4, -0.2) is 36.2 Å². The van der Waals surface area contributed by atoms with Gasteiger partial charge < -0.3 is 14.6 Å². The molecule has 31 heavy (non-hydrogen) atoms. The van der Waals surface area contributed by atoms with E-state index in [1.165, 1.54) is 5.57 Å². The lowest BCUT2D eigenvalue weighted by molar-refractivity contribution is -0.156. The zero-order chi connectivity index (χ0) is 23.3. The Morgan fingerprint density at radius 2 is 1.94 bits per heavy atom. The molecule has 0 aromatic carbocycles. The second-order valence-electron chi connectivity index (χ2n) is 11.0. The summed E-state index contributed by atoms with van der Waals surface area (Å²) in [7, 11) is -2.29. The van der Waals surface area contributed by atoms with Crippen molar-refractivity contribution in [3.8, 4) is 0 Å². The minimum atomic E-state index is -2.29. The molecule has 0 amide bonds. The van der Waals surface area contributed by atoms with Crippen molar-refractivity contribution in [2.75, 3.05) is 0 Å². The Hall–Kier alpha value is -1.13. The highest BCUT2D eigenvalue weighted by Crippen LogP contribution is 2.45. The van der Waals surface area contributed by atoms with Crippen LogP contribution in [0.4, 0.5) is 0 Å². The van der Waals surface area contributed by atoms with Crippen LogP contribution in [-0.2, 0) is 9.22 Å².